The van der Waals surface area contributed by atoms with Crippen molar-refractivity contribution in [1.29, 1.82) is 0 Å². The van der Waals surface area contributed by atoms with Crippen LogP contribution >= 0.6 is 11.6 Å². The summed E-state index contributed by atoms with van der Waals surface area (Å²) < 4.78 is 0. The van der Waals surface area contributed by atoms with Gasteiger partial charge >= 0.3 is 6.09 Å². The third-order valence-corrected chi connectivity index (χ3v) is 3.88. The van der Waals surface area contributed by atoms with Gasteiger partial charge in [-0.25, -0.2) is 4.79 Å². The third kappa shape index (κ3) is 2.95. The Labute approximate surface area is 128 Å². The Bertz CT molecular complexity index is 688. The molecule has 108 valence electrons. The van der Waals surface area contributed by atoms with E-state index in [1.807, 2.05) is 42.5 Å². The Morgan fingerprint density at radius 3 is 2.81 bits per heavy atom. The second-order valence-electron chi connectivity index (χ2n) is 5.03. The van der Waals surface area contributed by atoms with E-state index in [0.717, 1.165) is 16.9 Å². The van der Waals surface area contributed by atoms with Gasteiger partial charge in [0.15, 0.2) is 0 Å². The van der Waals surface area contributed by atoms with E-state index in [4.69, 9.17) is 16.7 Å². The topological polar surface area (TPSA) is 52.6 Å². The second-order valence-corrected chi connectivity index (χ2v) is 5.47. The van der Waals surface area contributed by atoms with E-state index < -0.39 is 6.09 Å². The molecule has 5 heteroatoms. The van der Waals surface area contributed by atoms with E-state index in [1.165, 1.54) is 10.5 Å². The van der Waals surface area contributed by atoms with Crippen LogP contribution in [0.1, 0.15) is 11.1 Å². The predicted octanol–water partition coefficient (Wildman–Crippen LogP) is 4.12. The van der Waals surface area contributed by atoms with Crippen molar-refractivity contribution in [3.63, 3.8) is 0 Å². The predicted molar refractivity (Wildman–Crippen MR) is 83.3 cm³/mol. The largest absolute Gasteiger partial charge is 0.465 e. The van der Waals surface area contributed by atoms with E-state index >= 15 is 0 Å². The van der Waals surface area contributed by atoms with E-state index in [1.54, 1.807) is 0 Å². The quantitative estimate of drug-likeness (QED) is 0.877. The first-order valence-electron chi connectivity index (χ1n) is 6.75. The summed E-state index contributed by atoms with van der Waals surface area (Å²) in [7, 11) is 0. The molecular formula is C16H15ClN2O2. The molecule has 4 nitrogen and oxygen atoms in total. The Balaban J connectivity index is 1.88. The zero-order chi connectivity index (χ0) is 14.8. The van der Waals surface area contributed by atoms with Gasteiger partial charge in [0.25, 0.3) is 0 Å². The van der Waals surface area contributed by atoms with Crippen molar-refractivity contribution >= 4 is 29.1 Å². The van der Waals surface area contributed by atoms with Gasteiger partial charge in [-0.3, -0.25) is 0 Å². The number of nitrogens with zero attached hydrogens (tertiary/aromatic N) is 1. The molecule has 0 aliphatic carbocycles. The molecule has 2 aromatic rings. The van der Waals surface area contributed by atoms with Crippen molar-refractivity contribution in [2.45, 2.75) is 13.0 Å². The van der Waals surface area contributed by atoms with Crippen molar-refractivity contribution in [1.82, 2.24) is 4.90 Å². The fourth-order valence-electron chi connectivity index (χ4n) is 2.61. The minimum atomic E-state index is -0.867. The lowest BCUT2D eigenvalue weighted by Crippen LogP contribution is -2.34. The zero-order valence-corrected chi connectivity index (χ0v) is 12.1. The molecule has 0 saturated heterocycles. The van der Waals surface area contributed by atoms with Crippen molar-refractivity contribution in [3.8, 4) is 0 Å². The summed E-state index contributed by atoms with van der Waals surface area (Å²) in [5.41, 5.74) is 4.17. The summed E-state index contributed by atoms with van der Waals surface area (Å²) >= 11 is 6.00. The van der Waals surface area contributed by atoms with Crippen molar-refractivity contribution in [2.75, 3.05) is 11.9 Å². The van der Waals surface area contributed by atoms with E-state index in [2.05, 4.69) is 5.32 Å². The lowest BCUT2D eigenvalue weighted by molar-refractivity contribution is 0.140. The van der Waals surface area contributed by atoms with Crippen LogP contribution < -0.4 is 5.32 Å². The summed E-state index contributed by atoms with van der Waals surface area (Å²) in [5, 5.41) is 13.1. The fourth-order valence-corrected chi connectivity index (χ4v) is 2.80. The normalized spacial score (nSPS) is 13.7. The number of anilines is 2. The highest BCUT2D eigenvalue weighted by Gasteiger charge is 2.21. The van der Waals surface area contributed by atoms with Crippen LogP contribution in [0.25, 0.3) is 0 Å². The molecule has 0 atom stereocenters. The summed E-state index contributed by atoms with van der Waals surface area (Å²) in [5.74, 6) is 0. The van der Waals surface area contributed by atoms with Crippen LogP contribution in [0.15, 0.2) is 42.5 Å². The highest BCUT2D eigenvalue weighted by Crippen LogP contribution is 2.29. The monoisotopic (exact) mass is 302 g/mol. The molecule has 1 aliphatic heterocycles. The van der Waals surface area contributed by atoms with Gasteiger partial charge in [0.2, 0.25) is 0 Å². The highest BCUT2D eigenvalue weighted by molar-refractivity contribution is 6.30. The maximum atomic E-state index is 11.1. The van der Waals surface area contributed by atoms with Crippen LogP contribution in [0.2, 0.25) is 5.02 Å². The number of rotatable bonds is 2. The van der Waals surface area contributed by atoms with Crippen LogP contribution in [0.4, 0.5) is 16.2 Å². The van der Waals surface area contributed by atoms with Crippen LogP contribution in [0, 0.1) is 0 Å². The van der Waals surface area contributed by atoms with E-state index in [9.17, 15) is 4.79 Å². The number of fused-ring (bicyclic) bond motifs is 1. The first kappa shape index (κ1) is 13.8. The second kappa shape index (κ2) is 5.66. The molecule has 0 aromatic heterocycles. The van der Waals surface area contributed by atoms with Gasteiger partial charge in [-0.1, -0.05) is 29.8 Å². The van der Waals surface area contributed by atoms with Gasteiger partial charge < -0.3 is 15.3 Å². The zero-order valence-electron chi connectivity index (χ0n) is 11.3. The molecule has 2 aromatic carbocycles. The van der Waals surface area contributed by atoms with Crippen LogP contribution in [-0.4, -0.2) is 22.6 Å². The number of hydrogen-bond acceptors (Lipinski definition) is 2. The van der Waals surface area contributed by atoms with Gasteiger partial charge in [-0.05, 0) is 41.8 Å². The van der Waals surface area contributed by atoms with Crippen LogP contribution in [-0.2, 0) is 13.0 Å². The minimum absolute atomic E-state index is 0.440. The summed E-state index contributed by atoms with van der Waals surface area (Å²) in [6.07, 6.45) is -0.153. The Morgan fingerprint density at radius 1 is 1.24 bits per heavy atom. The maximum Gasteiger partial charge on any atom is 0.407 e. The van der Waals surface area contributed by atoms with Crippen molar-refractivity contribution in [2.24, 2.45) is 0 Å². The minimum Gasteiger partial charge on any atom is -0.465 e. The molecule has 0 radical (unpaired) electrons. The lowest BCUT2D eigenvalue weighted by Gasteiger charge is -2.28. The average Bonchev–Trinajstić information content (AvgIpc) is 2.47. The summed E-state index contributed by atoms with van der Waals surface area (Å²) in [4.78, 5) is 12.5. The van der Waals surface area contributed by atoms with E-state index in [0.29, 0.717) is 24.5 Å². The van der Waals surface area contributed by atoms with Gasteiger partial charge in [0.05, 0.1) is 0 Å². The van der Waals surface area contributed by atoms with Gasteiger partial charge in [-0.15, -0.1) is 0 Å². The van der Waals surface area contributed by atoms with Gasteiger partial charge in [-0.2, -0.15) is 0 Å². The van der Waals surface area contributed by atoms with Crippen LogP contribution in [0.3, 0.4) is 0 Å². The number of carboxylic acid groups (broad SMARTS) is 1. The summed E-state index contributed by atoms with van der Waals surface area (Å²) in [6, 6.07) is 13.5. The number of halogens is 1. The van der Waals surface area contributed by atoms with E-state index in [-0.39, 0.29) is 0 Å². The van der Waals surface area contributed by atoms with Crippen LogP contribution in [0.5, 0.6) is 0 Å². The number of carbonyl (C=O) groups is 1. The number of amides is 1. The SMILES string of the molecule is O=C(O)N1CCc2c(cccc2Nc2cccc(Cl)c2)C1. The number of benzene rings is 2. The molecule has 0 fully saturated rings. The molecule has 1 aliphatic rings. The molecule has 2 N–H and O–H groups in total. The molecular weight excluding hydrogens is 288 g/mol. The summed E-state index contributed by atoms with van der Waals surface area (Å²) in [6.45, 7) is 0.965. The third-order valence-electron chi connectivity index (χ3n) is 3.64. The molecule has 0 bridgehead atoms. The average molecular weight is 303 g/mol. The molecule has 0 spiro atoms. The molecule has 0 unspecified atom stereocenters. The van der Waals surface area contributed by atoms with Crippen molar-refractivity contribution in [3.05, 3.63) is 58.6 Å². The molecule has 0 saturated carbocycles. The Hall–Kier alpha value is -2.20. The number of nitrogens with one attached hydrogen (secondary N) is 1. The smallest absolute Gasteiger partial charge is 0.407 e. The first-order valence-corrected chi connectivity index (χ1v) is 7.12. The molecule has 1 amide bonds. The Kier molecular flexibility index (Phi) is 3.71. The molecule has 1 heterocycles. The lowest BCUT2D eigenvalue weighted by atomic mass is 9.98. The first-order chi connectivity index (χ1) is 10.1. The fraction of sp³-hybridized carbons (Fsp3) is 0.188. The number of hydrogen-bond donors (Lipinski definition) is 2. The molecule has 21 heavy (non-hydrogen) atoms. The van der Waals surface area contributed by atoms with Gasteiger partial charge in [0, 0.05) is 29.5 Å². The van der Waals surface area contributed by atoms with Gasteiger partial charge in [0.1, 0.15) is 0 Å². The Morgan fingerprint density at radius 2 is 2.05 bits per heavy atom. The molecule has 3 rings (SSSR count). The van der Waals surface area contributed by atoms with Crippen molar-refractivity contribution < 1.29 is 9.90 Å². The maximum absolute atomic E-state index is 11.1. The standard InChI is InChI=1S/C16H15ClN2O2/c17-12-4-2-5-13(9-12)18-15-6-1-3-11-10-19(16(20)21)8-7-14(11)15/h1-6,9,18H,7-8,10H2,(H,20,21). The highest BCUT2D eigenvalue weighted by atomic mass is 35.5.